The van der Waals surface area contributed by atoms with Crippen LogP contribution in [0.5, 0.6) is 0 Å². The molecule has 3 aromatic rings. The molecule has 0 aliphatic carbocycles. The lowest BCUT2D eigenvalue weighted by Gasteiger charge is -2.18. The van der Waals surface area contributed by atoms with Gasteiger partial charge in [-0.05, 0) is 23.1 Å². The molecule has 0 spiro atoms. The van der Waals surface area contributed by atoms with E-state index >= 15 is 0 Å². The summed E-state index contributed by atoms with van der Waals surface area (Å²) in [4.78, 5) is 11.1. The van der Waals surface area contributed by atoms with Crippen LogP contribution in [-0.4, -0.2) is 11.1 Å². The summed E-state index contributed by atoms with van der Waals surface area (Å²) in [7, 11) is 0. The van der Waals surface area contributed by atoms with Gasteiger partial charge in [0.25, 0.3) is 0 Å². The Morgan fingerprint density at radius 1 is 0.960 bits per heavy atom. The van der Waals surface area contributed by atoms with E-state index in [1.807, 2.05) is 30.3 Å². The number of nitrogens with one attached hydrogen (secondary N) is 1. The summed E-state index contributed by atoms with van der Waals surface area (Å²) in [5.41, 5.74) is 4.88. The first-order chi connectivity index (χ1) is 11.8. The van der Waals surface area contributed by atoms with Gasteiger partial charge in [0, 0.05) is 29.8 Å². The Hall–Kier alpha value is -2.88. The number of benzene rings is 2. The number of aromatic nitrogens is 1. The monoisotopic (exact) mass is 334 g/mol. The molecule has 0 saturated heterocycles. The van der Waals surface area contributed by atoms with Gasteiger partial charge >= 0.3 is 0 Å². The number of rotatable bonds is 3. The molecule has 0 aliphatic rings. The van der Waals surface area contributed by atoms with Gasteiger partial charge < -0.3 is 9.84 Å². The zero-order valence-corrected chi connectivity index (χ0v) is 15.0. The van der Waals surface area contributed by atoms with Crippen LogP contribution in [-0.2, 0) is 10.2 Å². The first-order valence-corrected chi connectivity index (χ1v) is 8.28. The average Bonchev–Trinajstić information content (AvgIpc) is 3.04. The molecular weight excluding hydrogens is 312 g/mol. The van der Waals surface area contributed by atoms with Crippen LogP contribution in [0.1, 0.15) is 33.3 Å². The lowest BCUT2D eigenvalue weighted by Crippen LogP contribution is -2.10. The molecule has 0 aliphatic heterocycles. The van der Waals surface area contributed by atoms with Gasteiger partial charge in [-0.1, -0.05) is 62.3 Å². The Morgan fingerprint density at radius 3 is 2.12 bits per heavy atom. The molecule has 128 valence electrons. The Labute approximate surface area is 147 Å². The highest BCUT2D eigenvalue weighted by atomic mass is 16.5. The van der Waals surface area contributed by atoms with Crippen LogP contribution in [0.4, 0.5) is 5.69 Å². The second kappa shape index (κ2) is 6.55. The molecular formula is C21H22N2O2. The SMILES string of the molecule is CC(=O)Nc1ccc(-c2cc(-c3ccc(C(C)(C)C)cc3)on2)cc1. The molecule has 4 nitrogen and oxygen atoms in total. The van der Waals surface area contributed by atoms with E-state index in [0.29, 0.717) is 0 Å². The molecule has 4 heteroatoms. The maximum Gasteiger partial charge on any atom is 0.221 e. The summed E-state index contributed by atoms with van der Waals surface area (Å²) in [6.45, 7) is 8.07. The molecule has 0 fully saturated rings. The van der Waals surface area contributed by atoms with E-state index in [9.17, 15) is 4.79 Å². The molecule has 1 amide bonds. The van der Waals surface area contributed by atoms with Crippen LogP contribution in [0.15, 0.2) is 59.1 Å². The highest BCUT2D eigenvalue weighted by Gasteiger charge is 2.14. The minimum atomic E-state index is -0.0878. The Kier molecular flexibility index (Phi) is 4.45. The van der Waals surface area contributed by atoms with Crippen LogP contribution >= 0.6 is 0 Å². The summed E-state index contributed by atoms with van der Waals surface area (Å²) >= 11 is 0. The van der Waals surface area contributed by atoms with Gasteiger partial charge in [0.15, 0.2) is 5.76 Å². The van der Waals surface area contributed by atoms with Gasteiger partial charge in [-0.15, -0.1) is 0 Å². The van der Waals surface area contributed by atoms with Gasteiger partial charge in [0.2, 0.25) is 5.91 Å². The summed E-state index contributed by atoms with van der Waals surface area (Å²) in [6, 6.07) is 17.8. The van der Waals surface area contributed by atoms with Crippen molar-refractivity contribution in [2.24, 2.45) is 0 Å². The molecule has 0 atom stereocenters. The third-order valence-corrected chi connectivity index (χ3v) is 4.05. The number of hydrogen-bond acceptors (Lipinski definition) is 3. The number of anilines is 1. The topological polar surface area (TPSA) is 55.1 Å². The van der Waals surface area contributed by atoms with Gasteiger partial charge in [-0.2, -0.15) is 0 Å². The van der Waals surface area contributed by atoms with Crippen molar-refractivity contribution in [3.63, 3.8) is 0 Å². The Balaban J connectivity index is 1.81. The van der Waals surface area contributed by atoms with Crippen molar-refractivity contribution < 1.29 is 9.32 Å². The molecule has 25 heavy (non-hydrogen) atoms. The second-order valence-electron chi connectivity index (χ2n) is 7.16. The maximum absolute atomic E-state index is 11.1. The number of amides is 1. The molecule has 0 saturated carbocycles. The first kappa shape index (κ1) is 17.0. The van der Waals surface area contributed by atoms with Gasteiger partial charge in [0.1, 0.15) is 5.69 Å². The van der Waals surface area contributed by atoms with Crippen molar-refractivity contribution in [1.29, 1.82) is 0 Å². The number of carbonyl (C=O) groups excluding carboxylic acids is 1. The average molecular weight is 334 g/mol. The van der Waals surface area contributed by atoms with Gasteiger partial charge in [-0.3, -0.25) is 4.79 Å². The van der Waals surface area contributed by atoms with Crippen LogP contribution in [0.3, 0.4) is 0 Å². The normalized spacial score (nSPS) is 11.4. The Morgan fingerprint density at radius 2 is 1.56 bits per heavy atom. The zero-order chi connectivity index (χ0) is 18.0. The smallest absolute Gasteiger partial charge is 0.221 e. The van der Waals surface area contributed by atoms with E-state index in [4.69, 9.17) is 4.52 Å². The van der Waals surface area contributed by atoms with Crippen LogP contribution in [0.25, 0.3) is 22.6 Å². The fraction of sp³-hybridized carbons (Fsp3) is 0.238. The van der Waals surface area contributed by atoms with Crippen molar-refractivity contribution >= 4 is 11.6 Å². The standard InChI is InChI=1S/C21H22N2O2/c1-14(24)22-18-11-7-15(8-12-18)19-13-20(25-23-19)16-5-9-17(10-6-16)21(2,3)4/h5-13H,1-4H3,(H,22,24). The molecule has 0 radical (unpaired) electrons. The lowest BCUT2D eigenvalue weighted by atomic mass is 9.86. The highest BCUT2D eigenvalue weighted by molar-refractivity contribution is 5.88. The largest absolute Gasteiger partial charge is 0.356 e. The molecule has 0 bridgehead atoms. The lowest BCUT2D eigenvalue weighted by molar-refractivity contribution is -0.114. The molecule has 1 heterocycles. The minimum absolute atomic E-state index is 0.0878. The highest BCUT2D eigenvalue weighted by Crippen LogP contribution is 2.29. The summed E-state index contributed by atoms with van der Waals surface area (Å²) in [6.07, 6.45) is 0. The predicted molar refractivity (Wildman–Crippen MR) is 100 cm³/mol. The van der Waals surface area contributed by atoms with Crippen LogP contribution < -0.4 is 5.32 Å². The quantitative estimate of drug-likeness (QED) is 0.710. The van der Waals surface area contributed by atoms with Crippen molar-refractivity contribution in [2.75, 3.05) is 5.32 Å². The van der Waals surface area contributed by atoms with E-state index in [1.54, 1.807) is 0 Å². The van der Waals surface area contributed by atoms with Crippen molar-refractivity contribution in [3.05, 3.63) is 60.2 Å². The minimum Gasteiger partial charge on any atom is -0.356 e. The van der Waals surface area contributed by atoms with Crippen molar-refractivity contribution in [1.82, 2.24) is 5.16 Å². The second-order valence-corrected chi connectivity index (χ2v) is 7.16. The van der Waals surface area contributed by atoms with Crippen LogP contribution in [0.2, 0.25) is 0 Å². The van der Waals surface area contributed by atoms with E-state index in [-0.39, 0.29) is 11.3 Å². The fourth-order valence-corrected chi connectivity index (χ4v) is 2.61. The first-order valence-electron chi connectivity index (χ1n) is 8.28. The summed E-state index contributed by atoms with van der Waals surface area (Å²) < 4.78 is 5.51. The van der Waals surface area contributed by atoms with Gasteiger partial charge in [0.05, 0.1) is 0 Å². The van der Waals surface area contributed by atoms with Crippen molar-refractivity contribution in [2.45, 2.75) is 33.1 Å². The number of nitrogens with zero attached hydrogens (tertiary/aromatic N) is 1. The van der Waals surface area contributed by atoms with Gasteiger partial charge in [-0.25, -0.2) is 0 Å². The molecule has 1 N–H and O–H groups in total. The van der Waals surface area contributed by atoms with Crippen molar-refractivity contribution in [3.8, 4) is 22.6 Å². The zero-order valence-electron chi connectivity index (χ0n) is 15.0. The van der Waals surface area contributed by atoms with Crippen LogP contribution in [0, 0.1) is 0 Å². The molecule has 0 unspecified atom stereocenters. The molecule has 2 aromatic carbocycles. The fourth-order valence-electron chi connectivity index (χ4n) is 2.61. The summed E-state index contributed by atoms with van der Waals surface area (Å²) in [5, 5.41) is 6.91. The summed E-state index contributed by atoms with van der Waals surface area (Å²) in [5.74, 6) is 0.650. The third-order valence-electron chi connectivity index (χ3n) is 4.05. The van der Waals surface area contributed by atoms with E-state index < -0.39 is 0 Å². The third kappa shape index (κ3) is 3.97. The molecule has 1 aromatic heterocycles. The molecule has 3 rings (SSSR count). The van der Waals surface area contributed by atoms with E-state index in [1.165, 1.54) is 12.5 Å². The van der Waals surface area contributed by atoms with E-state index in [0.717, 1.165) is 28.3 Å². The number of hydrogen-bond donors (Lipinski definition) is 1. The Bertz CT molecular complexity index is 870. The van der Waals surface area contributed by atoms with E-state index in [2.05, 4.69) is 55.5 Å². The maximum atomic E-state index is 11.1. The predicted octanol–water partition coefficient (Wildman–Crippen LogP) is 5.26. The number of carbonyl (C=O) groups is 1.